The van der Waals surface area contributed by atoms with Crippen LogP contribution in [0.4, 0.5) is 11.4 Å². The second-order valence-corrected chi connectivity index (χ2v) is 8.23. The first-order valence-electron chi connectivity index (χ1n) is 9.56. The third kappa shape index (κ3) is 5.22. The summed E-state index contributed by atoms with van der Waals surface area (Å²) >= 11 is 0. The Hall–Kier alpha value is -3.92. The van der Waals surface area contributed by atoms with E-state index < -0.39 is 27.5 Å². The number of nitro groups is 1. The maximum Gasteiger partial charge on any atom is 0.278 e. The normalized spacial score (nSPS) is 10.9. The van der Waals surface area contributed by atoms with Gasteiger partial charge in [0.05, 0.1) is 22.1 Å². The van der Waals surface area contributed by atoms with Crippen LogP contribution in [0.15, 0.2) is 83.8 Å². The van der Waals surface area contributed by atoms with Crippen LogP contribution in [0.2, 0.25) is 0 Å². The van der Waals surface area contributed by atoms with Crippen molar-refractivity contribution in [2.75, 3.05) is 17.5 Å². The molecule has 0 aromatic heterocycles. The van der Waals surface area contributed by atoms with Crippen molar-refractivity contribution >= 4 is 27.3 Å². The molecular weight excluding hydrogens is 436 g/mol. The molecule has 3 aromatic carbocycles. The molecule has 0 spiro atoms. The summed E-state index contributed by atoms with van der Waals surface area (Å²) in [7, 11) is -4.23. The van der Waals surface area contributed by atoms with Crippen molar-refractivity contribution < 1.29 is 27.6 Å². The van der Waals surface area contributed by atoms with E-state index in [0.717, 1.165) is 0 Å². The molecule has 0 unspecified atom stereocenters. The zero-order valence-corrected chi connectivity index (χ0v) is 17.9. The number of carbonyl (C=O) groups excluding carboxylic acids is 1. The Morgan fingerprint density at radius 2 is 1.47 bits per heavy atom. The molecular formula is C22H20N2O7S. The van der Waals surface area contributed by atoms with Gasteiger partial charge in [0.1, 0.15) is 11.5 Å². The van der Waals surface area contributed by atoms with Crippen LogP contribution in [0.3, 0.4) is 0 Å². The molecule has 1 amide bonds. The smallest absolute Gasteiger partial charge is 0.278 e. The fourth-order valence-corrected chi connectivity index (χ4v) is 4.26. The summed E-state index contributed by atoms with van der Waals surface area (Å²) in [5.41, 5.74) is -0.0130. The number of amides is 1. The maximum absolute atomic E-state index is 13.3. The van der Waals surface area contributed by atoms with Gasteiger partial charge in [-0.25, -0.2) is 8.42 Å². The zero-order valence-electron chi connectivity index (χ0n) is 17.1. The average molecular weight is 456 g/mol. The van der Waals surface area contributed by atoms with Gasteiger partial charge in [-0.1, -0.05) is 18.2 Å². The van der Waals surface area contributed by atoms with Crippen LogP contribution in [-0.4, -0.2) is 32.5 Å². The fraction of sp³-hybridized carbons (Fsp3) is 0.136. The molecule has 9 nitrogen and oxygen atoms in total. The number of nitro benzene ring substituents is 1. The van der Waals surface area contributed by atoms with E-state index in [2.05, 4.69) is 0 Å². The first kappa shape index (κ1) is 22.8. The molecule has 0 N–H and O–H groups in total. The van der Waals surface area contributed by atoms with Crippen molar-refractivity contribution in [2.45, 2.75) is 11.8 Å². The number of hydrogen-bond acceptors (Lipinski definition) is 7. The van der Waals surface area contributed by atoms with Gasteiger partial charge in [0, 0.05) is 12.1 Å². The Bertz CT molecular complexity index is 1180. The molecule has 0 atom stereocenters. The number of rotatable bonds is 9. The van der Waals surface area contributed by atoms with Gasteiger partial charge in [0.15, 0.2) is 6.61 Å². The minimum atomic E-state index is -4.23. The number of hydrogen-bond donors (Lipinski definition) is 0. The van der Waals surface area contributed by atoms with E-state index in [1.807, 2.05) is 6.92 Å². The molecule has 3 aromatic rings. The van der Waals surface area contributed by atoms with Crippen LogP contribution in [0.1, 0.15) is 6.92 Å². The predicted octanol–water partition coefficient (Wildman–Crippen LogP) is 3.79. The molecule has 0 heterocycles. The highest BCUT2D eigenvalue weighted by Gasteiger charge is 2.31. The number of carbonyl (C=O) groups is 1. The summed E-state index contributed by atoms with van der Waals surface area (Å²) in [6.07, 6.45) is 0. The second kappa shape index (κ2) is 9.92. The molecule has 0 aliphatic heterocycles. The highest BCUT2D eigenvalue weighted by molar-refractivity contribution is 7.93. The average Bonchev–Trinajstić information content (AvgIpc) is 2.80. The lowest BCUT2D eigenvalue weighted by molar-refractivity contribution is -0.384. The van der Waals surface area contributed by atoms with Gasteiger partial charge in [-0.3, -0.25) is 14.9 Å². The molecule has 0 saturated carbocycles. The van der Waals surface area contributed by atoms with E-state index in [0.29, 0.717) is 16.7 Å². The SMILES string of the molecule is CCOc1ccc(N(C(=O)COc2ccc([N+](=O)[O-])cc2)S(=O)(=O)c2ccccc2)cc1. The van der Waals surface area contributed by atoms with Crippen LogP contribution in [0.5, 0.6) is 11.5 Å². The zero-order chi connectivity index (χ0) is 23.1. The van der Waals surface area contributed by atoms with Crippen molar-refractivity contribution in [1.29, 1.82) is 0 Å². The maximum atomic E-state index is 13.3. The molecule has 0 saturated heterocycles. The summed E-state index contributed by atoms with van der Waals surface area (Å²) < 4.78 is 38.0. The van der Waals surface area contributed by atoms with Crippen molar-refractivity contribution in [1.82, 2.24) is 0 Å². The lowest BCUT2D eigenvalue weighted by Crippen LogP contribution is -2.40. The molecule has 0 aliphatic rings. The number of sulfonamides is 1. The first-order chi connectivity index (χ1) is 15.3. The first-order valence-corrected chi connectivity index (χ1v) is 11.0. The van der Waals surface area contributed by atoms with E-state index in [-0.39, 0.29) is 22.0 Å². The predicted molar refractivity (Wildman–Crippen MR) is 117 cm³/mol. The highest BCUT2D eigenvalue weighted by Crippen LogP contribution is 2.26. The second-order valence-electron chi connectivity index (χ2n) is 6.44. The molecule has 10 heteroatoms. The molecule has 0 radical (unpaired) electrons. The van der Waals surface area contributed by atoms with Gasteiger partial charge in [0.2, 0.25) is 0 Å². The molecule has 32 heavy (non-hydrogen) atoms. The molecule has 0 bridgehead atoms. The summed E-state index contributed by atoms with van der Waals surface area (Å²) in [5, 5.41) is 10.8. The Labute approximate surface area is 185 Å². The van der Waals surface area contributed by atoms with Crippen molar-refractivity contribution in [3.05, 3.63) is 89.0 Å². The Kier molecular flexibility index (Phi) is 7.06. The lowest BCUT2D eigenvalue weighted by Gasteiger charge is -2.23. The third-order valence-electron chi connectivity index (χ3n) is 4.30. The van der Waals surface area contributed by atoms with Crippen LogP contribution in [0.25, 0.3) is 0 Å². The van der Waals surface area contributed by atoms with E-state index in [1.54, 1.807) is 30.3 Å². The van der Waals surface area contributed by atoms with Crippen LogP contribution >= 0.6 is 0 Å². The standard InChI is InChI=1S/C22H20N2O7S/c1-2-30-19-12-8-17(9-13-19)23(32(28,29)21-6-4-3-5-7-21)22(25)16-31-20-14-10-18(11-15-20)24(26)27/h3-15H,2,16H2,1H3. The van der Waals surface area contributed by atoms with E-state index in [4.69, 9.17) is 9.47 Å². The quantitative estimate of drug-likeness (QED) is 0.355. The fourth-order valence-electron chi connectivity index (χ4n) is 2.83. The number of non-ortho nitro benzene ring substituents is 1. The Morgan fingerprint density at radius 1 is 0.906 bits per heavy atom. The van der Waals surface area contributed by atoms with Crippen molar-refractivity contribution in [3.63, 3.8) is 0 Å². The number of nitrogens with zero attached hydrogens (tertiary/aromatic N) is 2. The van der Waals surface area contributed by atoms with Gasteiger partial charge in [-0.05, 0) is 55.5 Å². The minimum Gasteiger partial charge on any atom is -0.494 e. The van der Waals surface area contributed by atoms with Gasteiger partial charge in [-0.2, -0.15) is 4.31 Å². The molecule has 0 aliphatic carbocycles. The van der Waals surface area contributed by atoms with E-state index in [1.165, 1.54) is 48.5 Å². The molecule has 0 fully saturated rings. The summed E-state index contributed by atoms with van der Waals surface area (Å²) in [6.45, 7) is 1.66. The number of benzene rings is 3. The van der Waals surface area contributed by atoms with E-state index >= 15 is 0 Å². The monoisotopic (exact) mass is 456 g/mol. The minimum absolute atomic E-state index is 0.0578. The largest absolute Gasteiger partial charge is 0.494 e. The summed E-state index contributed by atoms with van der Waals surface area (Å²) in [5.74, 6) is -0.119. The van der Waals surface area contributed by atoms with Gasteiger partial charge < -0.3 is 9.47 Å². The summed E-state index contributed by atoms with van der Waals surface area (Å²) in [6, 6.07) is 18.7. The molecule has 3 rings (SSSR count). The van der Waals surface area contributed by atoms with Gasteiger partial charge >= 0.3 is 0 Å². The van der Waals surface area contributed by atoms with Crippen LogP contribution < -0.4 is 13.8 Å². The topological polar surface area (TPSA) is 116 Å². The van der Waals surface area contributed by atoms with E-state index in [9.17, 15) is 23.3 Å². The highest BCUT2D eigenvalue weighted by atomic mass is 32.2. The Morgan fingerprint density at radius 3 is 2.03 bits per heavy atom. The third-order valence-corrected chi connectivity index (χ3v) is 6.06. The van der Waals surface area contributed by atoms with Crippen LogP contribution in [-0.2, 0) is 14.8 Å². The lowest BCUT2D eigenvalue weighted by atomic mass is 10.3. The summed E-state index contributed by atoms with van der Waals surface area (Å²) in [4.78, 5) is 23.1. The number of ether oxygens (including phenoxy) is 2. The number of anilines is 1. The van der Waals surface area contributed by atoms with Crippen molar-refractivity contribution in [2.24, 2.45) is 0 Å². The van der Waals surface area contributed by atoms with Gasteiger partial charge in [-0.15, -0.1) is 0 Å². The van der Waals surface area contributed by atoms with Crippen molar-refractivity contribution in [3.8, 4) is 11.5 Å². The Balaban J connectivity index is 1.89. The van der Waals surface area contributed by atoms with Gasteiger partial charge in [0.25, 0.3) is 21.6 Å². The molecule has 166 valence electrons. The van der Waals surface area contributed by atoms with Crippen LogP contribution in [0, 0.1) is 10.1 Å².